The number of nitrogens with one attached hydrogen (secondary N) is 1. The van der Waals surface area contributed by atoms with Crippen LogP contribution >= 0.6 is 0 Å². The zero-order valence-electron chi connectivity index (χ0n) is 11.2. The molecule has 2 aromatic carbocycles. The number of rotatable bonds is 5. The van der Waals surface area contributed by atoms with Crippen molar-refractivity contribution in [2.75, 3.05) is 17.7 Å². The van der Waals surface area contributed by atoms with Crippen molar-refractivity contribution < 1.29 is 9.53 Å². The standard InChI is InChI=1S/C15H17N3O2/c1-2-20-12-5-3-4-10(8-12)18-11-6-7-14(16)13(9-11)15(17)19/h3-9,18H,2,16H2,1H3,(H2,17,19). The highest BCUT2D eigenvalue weighted by molar-refractivity contribution is 5.99. The minimum atomic E-state index is -0.547. The predicted molar refractivity (Wildman–Crippen MR) is 80.3 cm³/mol. The number of hydrogen-bond donors (Lipinski definition) is 3. The summed E-state index contributed by atoms with van der Waals surface area (Å²) in [5, 5.41) is 3.18. The van der Waals surface area contributed by atoms with E-state index in [0.29, 0.717) is 17.9 Å². The van der Waals surface area contributed by atoms with Gasteiger partial charge in [-0.3, -0.25) is 4.79 Å². The summed E-state index contributed by atoms with van der Waals surface area (Å²) in [6.07, 6.45) is 0. The van der Waals surface area contributed by atoms with Gasteiger partial charge >= 0.3 is 0 Å². The highest BCUT2D eigenvalue weighted by Gasteiger charge is 2.07. The lowest BCUT2D eigenvalue weighted by Gasteiger charge is -2.10. The van der Waals surface area contributed by atoms with Crippen molar-refractivity contribution >= 4 is 23.0 Å². The molecule has 2 aromatic rings. The highest BCUT2D eigenvalue weighted by Crippen LogP contribution is 2.24. The number of amides is 1. The Hall–Kier alpha value is -2.69. The molecule has 2 rings (SSSR count). The first-order chi connectivity index (χ1) is 9.60. The van der Waals surface area contributed by atoms with Gasteiger partial charge < -0.3 is 21.5 Å². The number of ether oxygens (including phenoxy) is 1. The number of nitrogens with two attached hydrogens (primary N) is 2. The number of carbonyl (C=O) groups excluding carboxylic acids is 1. The molecule has 0 aliphatic rings. The average molecular weight is 271 g/mol. The van der Waals surface area contributed by atoms with Gasteiger partial charge in [-0.15, -0.1) is 0 Å². The van der Waals surface area contributed by atoms with Gasteiger partial charge in [0.15, 0.2) is 0 Å². The fourth-order valence-corrected chi connectivity index (χ4v) is 1.84. The average Bonchev–Trinajstić information content (AvgIpc) is 2.41. The third kappa shape index (κ3) is 3.20. The summed E-state index contributed by atoms with van der Waals surface area (Å²) in [5.41, 5.74) is 13.2. The molecule has 0 aliphatic carbocycles. The molecule has 0 heterocycles. The first kappa shape index (κ1) is 13.7. The summed E-state index contributed by atoms with van der Waals surface area (Å²) in [4.78, 5) is 11.3. The van der Waals surface area contributed by atoms with Crippen LogP contribution < -0.4 is 21.5 Å². The van der Waals surface area contributed by atoms with Gasteiger partial charge in [0, 0.05) is 23.1 Å². The van der Waals surface area contributed by atoms with E-state index in [-0.39, 0.29) is 0 Å². The van der Waals surface area contributed by atoms with Gasteiger partial charge in [0.2, 0.25) is 0 Å². The molecule has 104 valence electrons. The van der Waals surface area contributed by atoms with Gasteiger partial charge in [-0.2, -0.15) is 0 Å². The minimum Gasteiger partial charge on any atom is -0.494 e. The molecule has 5 N–H and O–H groups in total. The fraction of sp³-hybridized carbons (Fsp3) is 0.133. The first-order valence-corrected chi connectivity index (χ1v) is 6.29. The van der Waals surface area contributed by atoms with Gasteiger partial charge in [0.1, 0.15) is 5.75 Å². The zero-order valence-corrected chi connectivity index (χ0v) is 11.2. The Morgan fingerprint density at radius 2 is 1.95 bits per heavy atom. The molecular weight excluding hydrogens is 254 g/mol. The van der Waals surface area contributed by atoms with Crippen LogP contribution in [0.15, 0.2) is 42.5 Å². The molecule has 0 atom stereocenters. The molecule has 0 spiro atoms. The van der Waals surface area contributed by atoms with E-state index in [1.54, 1.807) is 18.2 Å². The second kappa shape index (κ2) is 5.97. The Morgan fingerprint density at radius 3 is 2.65 bits per heavy atom. The normalized spacial score (nSPS) is 10.1. The molecule has 0 saturated heterocycles. The van der Waals surface area contributed by atoms with Crippen molar-refractivity contribution in [2.45, 2.75) is 6.92 Å². The second-order valence-corrected chi connectivity index (χ2v) is 4.25. The van der Waals surface area contributed by atoms with Crippen LogP contribution in [0.3, 0.4) is 0 Å². The topological polar surface area (TPSA) is 90.4 Å². The zero-order chi connectivity index (χ0) is 14.5. The Bertz CT molecular complexity index is 626. The molecule has 0 aliphatic heterocycles. The van der Waals surface area contributed by atoms with Crippen molar-refractivity contribution in [1.29, 1.82) is 0 Å². The molecule has 5 nitrogen and oxygen atoms in total. The van der Waals surface area contributed by atoms with E-state index in [9.17, 15) is 4.79 Å². The Labute approximate surface area is 117 Å². The van der Waals surface area contributed by atoms with E-state index in [1.807, 2.05) is 31.2 Å². The molecular formula is C15H17N3O2. The summed E-state index contributed by atoms with van der Waals surface area (Å²) in [5.74, 6) is 0.234. The Kier molecular flexibility index (Phi) is 4.10. The Balaban J connectivity index is 2.23. The van der Waals surface area contributed by atoms with Crippen LogP contribution in [0, 0.1) is 0 Å². The number of nitrogen functional groups attached to an aromatic ring is 1. The van der Waals surface area contributed by atoms with E-state index in [2.05, 4.69) is 5.32 Å². The maximum atomic E-state index is 11.3. The summed E-state index contributed by atoms with van der Waals surface area (Å²) in [6.45, 7) is 2.54. The van der Waals surface area contributed by atoms with Gasteiger partial charge in [-0.25, -0.2) is 0 Å². The van der Waals surface area contributed by atoms with Crippen molar-refractivity contribution in [3.63, 3.8) is 0 Å². The van der Waals surface area contributed by atoms with Crippen molar-refractivity contribution in [2.24, 2.45) is 5.73 Å². The molecule has 5 heteroatoms. The third-order valence-electron chi connectivity index (χ3n) is 2.75. The van der Waals surface area contributed by atoms with E-state index in [4.69, 9.17) is 16.2 Å². The van der Waals surface area contributed by atoms with Crippen molar-refractivity contribution in [1.82, 2.24) is 0 Å². The quantitative estimate of drug-likeness (QED) is 0.729. The van der Waals surface area contributed by atoms with Gasteiger partial charge in [0.05, 0.1) is 12.2 Å². The van der Waals surface area contributed by atoms with E-state index >= 15 is 0 Å². The van der Waals surface area contributed by atoms with Crippen LogP contribution in [-0.4, -0.2) is 12.5 Å². The maximum absolute atomic E-state index is 11.3. The van der Waals surface area contributed by atoms with Crippen molar-refractivity contribution in [3.8, 4) is 5.75 Å². The number of benzene rings is 2. The molecule has 0 aromatic heterocycles. The van der Waals surface area contributed by atoms with Crippen LogP contribution in [0.5, 0.6) is 5.75 Å². The largest absolute Gasteiger partial charge is 0.494 e. The monoisotopic (exact) mass is 271 g/mol. The predicted octanol–water partition coefficient (Wildman–Crippen LogP) is 2.51. The summed E-state index contributed by atoms with van der Waals surface area (Å²) in [7, 11) is 0. The van der Waals surface area contributed by atoms with Crippen LogP contribution in [0.2, 0.25) is 0 Å². The molecule has 20 heavy (non-hydrogen) atoms. The molecule has 0 unspecified atom stereocenters. The molecule has 1 amide bonds. The number of anilines is 3. The first-order valence-electron chi connectivity index (χ1n) is 6.29. The van der Waals surface area contributed by atoms with E-state index in [0.717, 1.165) is 17.1 Å². The third-order valence-corrected chi connectivity index (χ3v) is 2.75. The second-order valence-electron chi connectivity index (χ2n) is 4.25. The van der Waals surface area contributed by atoms with Crippen LogP contribution in [0.4, 0.5) is 17.1 Å². The van der Waals surface area contributed by atoms with Crippen LogP contribution in [0.1, 0.15) is 17.3 Å². The molecule has 0 radical (unpaired) electrons. The summed E-state index contributed by atoms with van der Waals surface area (Å²) >= 11 is 0. The van der Waals surface area contributed by atoms with Crippen molar-refractivity contribution in [3.05, 3.63) is 48.0 Å². The van der Waals surface area contributed by atoms with Gasteiger partial charge in [-0.1, -0.05) is 6.07 Å². The molecule has 0 fully saturated rings. The molecule has 0 bridgehead atoms. The van der Waals surface area contributed by atoms with E-state index in [1.165, 1.54) is 0 Å². The number of primary amides is 1. The van der Waals surface area contributed by atoms with Gasteiger partial charge in [0.25, 0.3) is 5.91 Å². The fourth-order valence-electron chi connectivity index (χ4n) is 1.84. The van der Waals surface area contributed by atoms with Gasteiger partial charge in [-0.05, 0) is 37.3 Å². The summed E-state index contributed by atoms with van der Waals surface area (Å²) in [6, 6.07) is 12.6. The van der Waals surface area contributed by atoms with E-state index < -0.39 is 5.91 Å². The lowest BCUT2D eigenvalue weighted by molar-refractivity contribution is 0.100. The lowest BCUT2D eigenvalue weighted by atomic mass is 10.1. The molecule has 0 saturated carbocycles. The summed E-state index contributed by atoms with van der Waals surface area (Å²) < 4.78 is 5.43. The number of hydrogen-bond acceptors (Lipinski definition) is 4. The SMILES string of the molecule is CCOc1cccc(Nc2ccc(N)c(C(N)=O)c2)c1. The number of carbonyl (C=O) groups is 1. The van der Waals surface area contributed by atoms with Crippen LogP contribution in [-0.2, 0) is 0 Å². The smallest absolute Gasteiger partial charge is 0.250 e. The Morgan fingerprint density at radius 1 is 1.20 bits per heavy atom. The lowest BCUT2D eigenvalue weighted by Crippen LogP contribution is -2.13. The minimum absolute atomic E-state index is 0.302. The van der Waals surface area contributed by atoms with Crippen LogP contribution in [0.25, 0.3) is 0 Å². The highest BCUT2D eigenvalue weighted by atomic mass is 16.5. The maximum Gasteiger partial charge on any atom is 0.250 e.